The van der Waals surface area contributed by atoms with E-state index in [1.54, 1.807) is 12.3 Å². The van der Waals surface area contributed by atoms with E-state index in [9.17, 15) is 17.2 Å². The van der Waals surface area contributed by atoms with Gasteiger partial charge in [-0.25, -0.2) is 31.9 Å². The molecular weight excluding hydrogens is 350 g/mol. The van der Waals surface area contributed by atoms with E-state index in [4.69, 9.17) is 0 Å². The molecular formula is C16H18F2N4O2S. The average Bonchev–Trinajstić information content (AvgIpc) is 2.61. The Hall–Kier alpha value is -2.13. The molecule has 0 spiro atoms. The van der Waals surface area contributed by atoms with Gasteiger partial charge in [0.05, 0.1) is 6.54 Å². The summed E-state index contributed by atoms with van der Waals surface area (Å²) in [6, 6.07) is 4.09. The van der Waals surface area contributed by atoms with Crippen LogP contribution in [0.4, 0.5) is 14.6 Å². The predicted molar refractivity (Wildman–Crippen MR) is 88.5 cm³/mol. The molecule has 9 heteroatoms. The van der Waals surface area contributed by atoms with E-state index >= 15 is 0 Å². The number of aromatic nitrogens is 2. The number of hydrogen-bond donors (Lipinski definition) is 1. The summed E-state index contributed by atoms with van der Waals surface area (Å²) in [5.41, 5.74) is 0. The Balaban J connectivity index is 1.72. The Labute approximate surface area is 145 Å². The highest BCUT2D eigenvalue weighted by atomic mass is 32.2. The van der Waals surface area contributed by atoms with Gasteiger partial charge in [0.15, 0.2) is 0 Å². The summed E-state index contributed by atoms with van der Waals surface area (Å²) < 4.78 is 53.2. The van der Waals surface area contributed by atoms with E-state index in [2.05, 4.69) is 19.6 Å². The van der Waals surface area contributed by atoms with Gasteiger partial charge in [0.1, 0.15) is 28.2 Å². The third kappa shape index (κ3) is 4.29. The Morgan fingerprint density at radius 2 is 1.88 bits per heavy atom. The zero-order valence-corrected chi connectivity index (χ0v) is 14.3. The van der Waals surface area contributed by atoms with Gasteiger partial charge in [-0.3, -0.25) is 0 Å². The Kier molecular flexibility index (Phi) is 5.24. The number of nitrogens with one attached hydrogen (secondary N) is 1. The first-order valence-electron chi connectivity index (χ1n) is 7.97. The number of benzene rings is 1. The van der Waals surface area contributed by atoms with Crippen LogP contribution < -0.4 is 9.62 Å². The molecule has 6 nitrogen and oxygen atoms in total. The van der Waals surface area contributed by atoms with Crippen LogP contribution in [-0.2, 0) is 16.6 Å². The molecule has 0 aliphatic carbocycles. The van der Waals surface area contributed by atoms with E-state index in [1.165, 1.54) is 6.42 Å². The topological polar surface area (TPSA) is 75.2 Å². The van der Waals surface area contributed by atoms with Crippen LogP contribution in [-0.4, -0.2) is 31.5 Å². The van der Waals surface area contributed by atoms with Crippen LogP contribution in [0.15, 0.2) is 35.4 Å². The lowest BCUT2D eigenvalue weighted by Crippen LogP contribution is -2.31. The largest absolute Gasteiger partial charge is 0.357 e. The van der Waals surface area contributed by atoms with Crippen molar-refractivity contribution in [3.63, 3.8) is 0 Å². The Morgan fingerprint density at radius 3 is 2.60 bits per heavy atom. The van der Waals surface area contributed by atoms with Crippen molar-refractivity contribution in [3.8, 4) is 0 Å². The number of halogens is 2. The van der Waals surface area contributed by atoms with Gasteiger partial charge in [-0.1, -0.05) is 0 Å². The third-order valence-corrected chi connectivity index (χ3v) is 5.41. The lowest BCUT2D eigenvalue weighted by atomic mass is 10.1. The summed E-state index contributed by atoms with van der Waals surface area (Å²) in [6.45, 7) is 1.63. The number of anilines is 1. The van der Waals surface area contributed by atoms with Crippen molar-refractivity contribution in [2.24, 2.45) is 0 Å². The van der Waals surface area contributed by atoms with E-state index in [0.717, 1.165) is 43.9 Å². The van der Waals surface area contributed by atoms with E-state index in [1.807, 2.05) is 0 Å². The lowest BCUT2D eigenvalue weighted by Gasteiger charge is -2.27. The summed E-state index contributed by atoms with van der Waals surface area (Å²) in [5.74, 6) is -0.949. The molecule has 1 fully saturated rings. The third-order valence-electron chi connectivity index (χ3n) is 3.97. The molecule has 0 amide bonds. The van der Waals surface area contributed by atoms with E-state index in [-0.39, 0.29) is 12.4 Å². The van der Waals surface area contributed by atoms with Crippen molar-refractivity contribution in [2.75, 3.05) is 18.0 Å². The van der Waals surface area contributed by atoms with Crippen LogP contribution in [0.2, 0.25) is 0 Å². The SMILES string of the molecule is O=S(=O)(NCc1nccc(N2CCCCC2)n1)c1ccc(F)cc1F. The summed E-state index contributed by atoms with van der Waals surface area (Å²) in [6.07, 6.45) is 4.95. The number of hydrogen-bond acceptors (Lipinski definition) is 5. The fraction of sp³-hybridized carbons (Fsp3) is 0.375. The molecule has 0 atom stereocenters. The number of nitrogens with zero attached hydrogens (tertiary/aromatic N) is 3. The molecule has 0 bridgehead atoms. The summed E-state index contributed by atoms with van der Waals surface area (Å²) >= 11 is 0. The number of rotatable bonds is 5. The normalized spacial score (nSPS) is 15.4. The van der Waals surface area contributed by atoms with E-state index < -0.39 is 26.6 Å². The van der Waals surface area contributed by atoms with Gasteiger partial charge in [-0.05, 0) is 37.5 Å². The monoisotopic (exact) mass is 368 g/mol. The Bertz CT molecular complexity index is 855. The molecule has 1 aromatic carbocycles. The van der Waals surface area contributed by atoms with Crippen LogP contribution >= 0.6 is 0 Å². The van der Waals surface area contributed by atoms with Gasteiger partial charge >= 0.3 is 0 Å². The molecule has 0 saturated carbocycles. The standard InChI is InChI=1S/C16H18F2N4O2S/c17-12-4-5-14(13(18)10-12)25(23,24)20-11-15-19-7-6-16(21-15)22-8-2-1-3-9-22/h4-7,10,20H,1-3,8-9,11H2. The molecule has 25 heavy (non-hydrogen) atoms. The van der Waals surface area contributed by atoms with Gasteiger partial charge in [0, 0.05) is 25.4 Å². The minimum absolute atomic E-state index is 0.180. The molecule has 2 heterocycles. The van der Waals surface area contributed by atoms with E-state index in [0.29, 0.717) is 6.07 Å². The lowest BCUT2D eigenvalue weighted by molar-refractivity contribution is 0.542. The quantitative estimate of drug-likeness (QED) is 0.876. The van der Waals surface area contributed by atoms with Crippen LogP contribution in [0, 0.1) is 11.6 Å². The Morgan fingerprint density at radius 1 is 1.12 bits per heavy atom. The first-order chi connectivity index (χ1) is 12.0. The molecule has 1 aromatic heterocycles. The van der Waals surface area contributed by atoms with Crippen molar-refractivity contribution in [2.45, 2.75) is 30.7 Å². The molecule has 1 saturated heterocycles. The van der Waals surface area contributed by atoms with Crippen molar-refractivity contribution < 1.29 is 17.2 Å². The zero-order valence-electron chi connectivity index (χ0n) is 13.5. The predicted octanol–water partition coefficient (Wildman–Crippen LogP) is 2.22. The highest BCUT2D eigenvalue weighted by Gasteiger charge is 2.20. The van der Waals surface area contributed by atoms with Crippen molar-refractivity contribution in [3.05, 3.63) is 47.9 Å². The van der Waals surface area contributed by atoms with Gasteiger partial charge < -0.3 is 4.90 Å². The van der Waals surface area contributed by atoms with Crippen LogP contribution in [0.1, 0.15) is 25.1 Å². The molecule has 0 unspecified atom stereocenters. The van der Waals surface area contributed by atoms with Crippen LogP contribution in [0.3, 0.4) is 0 Å². The van der Waals surface area contributed by atoms with Crippen LogP contribution in [0.25, 0.3) is 0 Å². The second kappa shape index (κ2) is 7.40. The smallest absolute Gasteiger partial charge is 0.243 e. The maximum atomic E-state index is 13.7. The highest BCUT2D eigenvalue weighted by Crippen LogP contribution is 2.18. The van der Waals surface area contributed by atoms with Crippen molar-refractivity contribution in [1.82, 2.24) is 14.7 Å². The minimum atomic E-state index is -4.13. The van der Waals surface area contributed by atoms with Gasteiger partial charge in [0.25, 0.3) is 0 Å². The van der Waals surface area contributed by atoms with Gasteiger partial charge in [-0.15, -0.1) is 0 Å². The molecule has 2 aromatic rings. The number of sulfonamides is 1. The summed E-state index contributed by atoms with van der Waals surface area (Å²) in [5, 5.41) is 0. The summed E-state index contributed by atoms with van der Waals surface area (Å²) in [4.78, 5) is 9.93. The second-order valence-corrected chi connectivity index (χ2v) is 7.51. The first-order valence-corrected chi connectivity index (χ1v) is 9.45. The number of piperidine rings is 1. The van der Waals surface area contributed by atoms with Crippen molar-refractivity contribution in [1.29, 1.82) is 0 Å². The first kappa shape index (κ1) is 17.7. The molecule has 1 aliphatic rings. The fourth-order valence-electron chi connectivity index (χ4n) is 2.70. The minimum Gasteiger partial charge on any atom is -0.357 e. The average molecular weight is 368 g/mol. The molecule has 0 radical (unpaired) electrons. The zero-order chi connectivity index (χ0) is 17.9. The van der Waals surface area contributed by atoms with Crippen molar-refractivity contribution >= 4 is 15.8 Å². The maximum absolute atomic E-state index is 13.7. The molecule has 134 valence electrons. The molecule has 1 aliphatic heterocycles. The highest BCUT2D eigenvalue weighted by molar-refractivity contribution is 7.89. The summed E-state index contributed by atoms with van der Waals surface area (Å²) in [7, 11) is -4.13. The van der Waals surface area contributed by atoms with Gasteiger partial charge in [-0.2, -0.15) is 0 Å². The molecule has 3 rings (SSSR count). The molecule has 1 N–H and O–H groups in total. The maximum Gasteiger partial charge on any atom is 0.243 e. The van der Waals surface area contributed by atoms with Crippen LogP contribution in [0.5, 0.6) is 0 Å². The fourth-order valence-corrected chi connectivity index (χ4v) is 3.74. The van der Waals surface area contributed by atoms with Gasteiger partial charge in [0.2, 0.25) is 10.0 Å². The second-order valence-electron chi connectivity index (χ2n) is 5.78.